The lowest BCUT2D eigenvalue weighted by Gasteiger charge is -2.13. The molecule has 5 nitrogen and oxygen atoms in total. The molecule has 2 rings (SSSR count). The number of carbonyl (C=O) groups is 1. The van der Waals surface area contributed by atoms with Crippen molar-refractivity contribution in [3.05, 3.63) is 65.7 Å². The van der Waals surface area contributed by atoms with Crippen LogP contribution in [0.4, 0.5) is 0 Å². The first kappa shape index (κ1) is 18.5. The van der Waals surface area contributed by atoms with Gasteiger partial charge in [0.2, 0.25) is 10.0 Å². The van der Waals surface area contributed by atoms with Gasteiger partial charge in [0.05, 0.1) is 18.4 Å². The molecule has 0 bridgehead atoms. The number of methoxy groups -OCH3 is 1. The van der Waals surface area contributed by atoms with Gasteiger partial charge in [-0.3, -0.25) is 4.79 Å². The fraction of sp³-hybridized carbons (Fsp3) is 0.235. The predicted octanol–water partition coefficient (Wildman–Crippen LogP) is 2.35. The summed E-state index contributed by atoms with van der Waals surface area (Å²) in [6, 6.07) is 15.5. The van der Waals surface area contributed by atoms with Gasteiger partial charge >= 0.3 is 5.97 Å². The number of carbonyl (C=O) groups excluding carboxylic acids is 1. The van der Waals surface area contributed by atoms with E-state index in [1.165, 1.54) is 19.2 Å². The number of ether oxygens (including phenoxy) is 1. The molecule has 0 radical (unpaired) electrons. The van der Waals surface area contributed by atoms with Crippen molar-refractivity contribution in [2.75, 3.05) is 13.7 Å². The van der Waals surface area contributed by atoms with Gasteiger partial charge in [-0.05, 0) is 23.3 Å². The Kier molecular flexibility index (Phi) is 6.42. The molecule has 128 valence electrons. The normalized spacial score (nSPS) is 12.6. The highest BCUT2D eigenvalue weighted by atomic mass is 32.2. The van der Waals surface area contributed by atoms with Gasteiger partial charge in [-0.1, -0.05) is 42.5 Å². The van der Waals surface area contributed by atoms with E-state index >= 15 is 0 Å². The minimum Gasteiger partial charge on any atom is -0.469 e. The maximum Gasteiger partial charge on any atom is 0.309 e. The molecule has 0 aliphatic heterocycles. The number of sulfonamides is 1. The van der Waals surface area contributed by atoms with Crippen LogP contribution in [0.5, 0.6) is 0 Å². The van der Waals surface area contributed by atoms with Gasteiger partial charge in [0.1, 0.15) is 0 Å². The van der Waals surface area contributed by atoms with E-state index in [0.29, 0.717) is 0 Å². The molecule has 2 aromatic rings. The van der Waals surface area contributed by atoms with Gasteiger partial charge in [-0.25, -0.2) is 13.1 Å². The Morgan fingerprint density at radius 2 is 1.75 bits per heavy atom. The van der Waals surface area contributed by atoms with Crippen LogP contribution in [0.25, 0.3) is 0 Å². The lowest BCUT2D eigenvalue weighted by Crippen LogP contribution is -2.27. The van der Waals surface area contributed by atoms with Gasteiger partial charge in [0.15, 0.2) is 0 Å². The zero-order valence-corrected chi connectivity index (χ0v) is 14.9. The van der Waals surface area contributed by atoms with Crippen LogP contribution in [0.3, 0.4) is 0 Å². The topological polar surface area (TPSA) is 72.5 Å². The minimum atomic E-state index is -3.55. The van der Waals surface area contributed by atoms with Crippen LogP contribution in [0, 0.1) is 0 Å². The molecule has 0 saturated carbocycles. The molecule has 1 unspecified atom stereocenters. The van der Waals surface area contributed by atoms with E-state index in [9.17, 15) is 13.2 Å². The molecule has 0 spiro atoms. The summed E-state index contributed by atoms with van der Waals surface area (Å²) in [7, 11) is -2.20. The second kappa shape index (κ2) is 8.32. The Labute approximate surface area is 147 Å². The highest BCUT2D eigenvalue weighted by Crippen LogP contribution is 2.20. The zero-order chi connectivity index (χ0) is 17.6. The predicted molar refractivity (Wildman–Crippen MR) is 95.5 cm³/mol. The SMILES string of the molecule is COC(=O)Cc1ccc(C(S)CNS(=O)(=O)c2ccccc2)cc1. The Morgan fingerprint density at radius 3 is 2.33 bits per heavy atom. The van der Waals surface area contributed by atoms with Crippen molar-refractivity contribution < 1.29 is 17.9 Å². The molecule has 24 heavy (non-hydrogen) atoms. The smallest absolute Gasteiger partial charge is 0.309 e. The Bertz CT molecular complexity index is 774. The lowest BCUT2D eigenvalue weighted by molar-refractivity contribution is -0.139. The molecule has 0 saturated heterocycles. The molecule has 0 aromatic heterocycles. The van der Waals surface area contributed by atoms with Crippen LogP contribution in [-0.4, -0.2) is 28.0 Å². The average molecular weight is 365 g/mol. The van der Waals surface area contributed by atoms with E-state index in [1.807, 2.05) is 12.1 Å². The first-order valence-corrected chi connectivity index (χ1v) is 9.31. The third kappa shape index (κ3) is 5.09. The van der Waals surface area contributed by atoms with Crippen molar-refractivity contribution in [2.45, 2.75) is 16.6 Å². The monoisotopic (exact) mass is 365 g/mol. The van der Waals surface area contributed by atoms with Gasteiger partial charge in [-0.15, -0.1) is 0 Å². The molecule has 0 heterocycles. The van der Waals surface area contributed by atoms with E-state index in [0.717, 1.165) is 11.1 Å². The van der Waals surface area contributed by atoms with Crippen molar-refractivity contribution >= 4 is 28.6 Å². The Balaban J connectivity index is 1.97. The van der Waals surface area contributed by atoms with Crippen LogP contribution >= 0.6 is 12.6 Å². The molecule has 0 aliphatic carbocycles. The second-order valence-corrected chi connectivity index (χ2v) is 7.57. The van der Waals surface area contributed by atoms with Crippen LogP contribution in [-0.2, 0) is 26.0 Å². The lowest BCUT2D eigenvalue weighted by atomic mass is 10.1. The maximum atomic E-state index is 12.2. The molecule has 1 N–H and O–H groups in total. The summed E-state index contributed by atoms with van der Waals surface area (Å²) < 4.78 is 31.5. The van der Waals surface area contributed by atoms with E-state index in [-0.39, 0.29) is 29.1 Å². The van der Waals surface area contributed by atoms with Crippen molar-refractivity contribution in [3.63, 3.8) is 0 Å². The largest absolute Gasteiger partial charge is 0.469 e. The van der Waals surface area contributed by atoms with Crippen LogP contribution in [0.1, 0.15) is 16.4 Å². The molecule has 1 atom stereocenters. The molecule has 2 aromatic carbocycles. The van der Waals surface area contributed by atoms with Gasteiger partial charge in [-0.2, -0.15) is 12.6 Å². The molecule has 0 amide bonds. The van der Waals surface area contributed by atoms with Gasteiger partial charge in [0, 0.05) is 11.8 Å². The van der Waals surface area contributed by atoms with E-state index in [2.05, 4.69) is 22.1 Å². The third-order valence-corrected chi connectivity index (χ3v) is 5.38. The van der Waals surface area contributed by atoms with E-state index in [1.54, 1.807) is 30.3 Å². The van der Waals surface area contributed by atoms with Crippen molar-refractivity contribution in [1.82, 2.24) is 4.72 Å². The van der Waals surface area contributed by atoms with Crippen LogP contribution in [0.15, 0.2) is 59.5 Å². The number of nitrogens with one attached hydrogen (secondary N) is 1. The van der Waals surface area contributed by atoms with Crippen molar-refractivity contribution in [1.29, 1.82) is 0 Å². The fourth-order valence-corrected chi connectivity index (χ4v) is 3.54. The quantitative estimate of drug-likeness (QED) is 0.584. The summed E-state index contributed by atoms with van der Waals surface area (Å²) in [5, 5.41) is -0.296. The minimum absolute atomic E-state index is 0.163. The number of benzene rings is 2. The summed E-state index contributed by atoms with van der Waals surface area (Å²) in [5.74, 6) is -0.305. The fourth-order valence-electron chi connectivity index (χ4n) is 2.09. The molecular weight excluding hydrogens is 346 g/mol. The van der Waals surface area contributed by atoms with Crippen molar-refractivity contribution in [3.8, 4) is 0 Å². The number of hydrogen-bond acceptors (Lipinski definition) is 5. The number of esters is 1. The number of thiol groups is 1. The highest BCUT2D eigenvalue weighted by molar-refractivity contribution is 7.89. The van der Waals surface area contributed by atoms with Gasteiger partial charge in [0.25, 0.3) is 0 Å². The number of rotatable bonds is 7. The molecule has 0 fully saturated rings. The summed E-state index contributed by atoms with van der Waals surface area (Å²) >= 11 is 4.45. The van der Waals surface area contributed by atoms with Crippen LogP contribution in [0.2, 0.25) is 0 Å². The number of hydrogen-bond donors (Lipinski definition) is 2. The first-order valence-electron chi connectivity index (χ1n) is 7.31. The summed E-state index contributed by atoms with van der Waals surface area (Å²) in [6.45, 7) is 0.163. The summed E-state index contributed by atoms with van der Waals surface area (Å²) in [5.41, 5.74) is 1.69. The Hall–Kier alpha value is -1.83. The molecule has 0 aliphatic rings. The molecule has 7 heteroatoms. The zero-order valence-electron chi connectivity index (χ0n) is 13.2. The second-order valence-electron chi connectivity index (χ2n) is 5.18. The summed E-state index contributed by atoms with van der Waals surface area (Å²) in [4.78, 5) is 11.5. The average Bonchev–Trinajstić information content (AvgIpc) is 2.61. The van der Waals surface area contributed by atoms with E-state index in [4.69, 9.17) is 0 Å². The van der Waals surface area contributed by atoms with E-state index < -0.39 is 10.0 Å². The van der Waals surface area contributed by atoms with Crippen molar-refractivity contribution in [2.24, 2.45) is 0 Å². The summed E-state index contributed by atoms with van der Waals surface area (Å²) in [6.07, 6.45) is 0.203. The maximum absolute atomic E-state index is 12.2. The first-order chi connectivity index (χ1) is 11.4. The molecular formula is C17H19NO4S2. The van der Waals surface area contributed by atoms with Crippen LogP contribution < -0.4 is 4.72 Å². The standard InChI is InChI=1S/C17H19NO4S2/c1-22-17(19)11-13-7-9-14(10-8-13)16(23)12-18-24(20,21)15-5-3-2-4-6-15/h2-10,16,18,23H,11-12H2,1H3. The van der Waals surface area contributed by atoms with Gasteiger partial charge < -0.3 is 4.74 Å². The third-order valence-electron chi connectivity index (χ3n) is 3.46. The Morgan fingerprint density at radius 1 is 1.12 bits per heavy atom. The highest BCUT2D eigenvalue weighted by Gasteiger charge is 2.16.